The maximum absolute atomic E-state index is 11.8. The first-order valence-electron chi connectivity index (χ1n) is 5.36. The number of benzene rings is 1. The first-order valence-corrected chi connectivity index (χ1v) is 5.36. The molecular formula is C13H16O5. The molecule has 0 bridgehead atoms. The average molecular weight is 252 g/mol. The lowest BCUT2D eigenvalue weighted by molar-refractivity contribution is -0.116. The summed E-state index contributed by atoms with van der Waals surface area (Å²) in [5, 5.41) is 0. The molecule has 0 aliphatic carbocycles. The first kappa shape index (κ1) is 14.0. The molecular weight excluding hydrogens is 236 g/mol. The summed E-state index contributed by atoms with van der Waals surface area (Å²) in [6.07, 6.45) is -0.140. The lowest BCUT2D eigenvalue weighted by atomic mass is 10.1. The standard InChI is InChI=1S/C13H16O5/c1-8(14)5-10(15)9-6-11(16-2)13(18-4)12(7-9)17-3/h6-7H,5H2,1-4H3. The highest BCUT2D eigenvalue weighted by Gasteiger charge is 2.17. The topological polar surface area (TPSA) is 61.8 Å². The SMILES string of the molecule is COc1cc(C(=O)CC(C)=O)cc(OC)c1OC. The molecule has 0 amide bonds. The molecule has 0 aromatic heterocycles. The summed E-state index contributed by atoms with van der Waals surface area (Å²) >= 11 is 0. The van der Waals surface area contributed by atoms with Crippen molar-refractivity contribution in [2.45, 2.75) is 13.3 Å². The molecule has 18 heavy (non-hydrogen) atoms. The van der Waals surface area contributed by atoms with Crippen LogP contribution in [0, 0.1) is 0 Å². The average Bonchev–Trinajstić information content (AvgIpc) is 2.35. The molecule has 1 rings (SSSR count). The summed E-state index contributed by atoms with van der Waals surface area (Å²) in [6.45, 7) is 1.37. The van der Waals surface area contributed by atoms with Gasteiger partial charge < -0.3 is 14.2 Å². The van der Waals surface area contributed by atoms with Gasteiger partial charge in [0.15, 0.2) is 17.3 Å². The van der Waals surface area contributed by atoms with Crippen molar-refractivity contribution >= 4 is 11.6 Å². The van der Waals surface area contributed by atoms with Crippen molar-refractivity contribution in [1.82, 2.24) is 0 Å². The van der Waals surface area contributed by atoms with Crippen molar-refractivity contribution in [3.8, 4) is 17.2 Å². The smallest absolute Gasteiger partial charge is 0.203 e. The number of Topliss-reactive ketones (excluding diaryl/α,β-unsaturated/α-hetero) is 2. The van der Waals surface area contributed by atoms with Gasteiger partial charge in [-0.2, -0.15) is 0 Å². The Bertz CT molecular complexity index is 439. The van der Waals surface area contributed by atoms with Gasteiger partial charge in [-0.3, -0.25) is 9.59 Å². The number of ether oxygens (including phenoxy) is 3. The monoisotopic (exact) mass is 252 g/mol. The Morgan fingerprint density at radius 2 is 1.50 bits per heavy atom. The van der Waals surface area contributed by atoms with Crippen LogP contribution in [0.15, 0.2) is 12.1 Å². The Kier molecular flexibility index (Phi) is 4.71. The highest BCUT2D eigenvalue weighted by atomic mass is 16.5. The van der Waals surface area contributed by atoms with Gasteiger partial charge in [0.25, 0.3) is 0 Å². The molecule has 0 aliphatic rings. The number of hydrogen-bond acceptors (Lipinski definition) is 5. The molecule has 0 heterocycles. The van der Waals surface area contributed by atoms with Gasteiger partial charge in [-0.05, 0) is 19.1 Å². The fourth-order valence-corrected chi connectivity index (χ4v) is 1.57. The second-order valence-corrected chi connectivity index (χ2v) is 3.72. The number of rotatable bonds is 6. The van der Waals surface area contributed by atoms with E-state index in [1.807, 2.05) is 0 Å². The molecule has 1 aromatic carbocycles. The second-order valence-electron chi connectivity index (χ2n) is 3.72. The fourth-order valence-electron chi connectivity index (χ4n) is 1.57. The predicted molar refractivity (Wildman–Crippen MR) is 65.7 cm³/mol. The van der Waals surface area contributed by atoms with Gasteiger partial charge in [-0.1, -0.05) is 0 Å². The van der Waals surface area contributed by atoms with E-state index in [-0.39, 0.29) is 18.0 Å². The predicted octanol–water partition coefficient (Wildman–Crippen LogP) is 1.87. The van der Waals surface area contributed by atoms with Crippen LogP contribution < -0.4 is 14.2 Å². The van der Waals surface area contributed by atoms with Crippen LogP contribution in [0.4, 0.5) is 0 Å². The van der Waals surface area contributed by atoms with Gasteiger partial charge >= 0.3 is 0 Å². The van der Waals surface area contributed by atoms with Crippen molar-refractivity contribution in [3.05, 3.63) is 17.7 Å². The van der Waals surface area contributed by atoms with E-state index in [2.05, 4.69) is 0 Å². The highest BCUT2D eigenvalue weighted by Crippen LogP contribution is 2.38. The molecule has 0 saturated carbocycles. The molecule has 0 N–H and O–H groups in total. The molecule has 0 fully saturated rings. The van der Waals surface area contributed by atoms with Gasteiger partial charge in [0, 0.05) is 5.56 Å². The van der Waals surface area contributed by atoms with Crippen LogP contribution >= 0.6 is 0 Å². The fraction of sp³-hybridized carbons (Fsp3) is 0.385. The summed E-state index contributed by atoms with van der Waals surface area (Å²) in [5.74, 6) is 0.738. The molecule has 0 aliphatic heterocycles. The Morgan fingerprint density at radius 1 is 1.00 bits per heavy atom. The number of hydrogen-bond donors (Lipinski definition) is 0. The Morgan fingerprint density at radius 3 is 1.83 bits per heavy atom. The van der Waals surface area contributed by atoms with Gasteiger partial charge in [0.1, 0.15) is 5.78 Å². The molecule has 0 unspecified atom stereocenters. The van der Waals surface area contributed by atoms with Crippen molar-refractivity contribution in [1.29, 1.82) is 0 Å². The first-order chi connectivity index (χ1) is 8.53. The van der Waals surface area contributed by atoms with Crippen molar-refractivity contribution in [2.75, 3.05) is 21.3 Å². The summed E-state index contributed by atoms with van der Waals surface area (Å²) in [5.41, 5.74) is 0.361. The molecule has 5 heteroatoms. The van der Waals surface area contributed by atoms with Crippen LogP contribution in [-0.2, 0) is 4.79 Å². The molecule has 0 saturated heterocycles. The third-order valence-electron chi connectivity index (χ3n) is 2.40. The zero-order valence-electron chi connectivity index (χ0n) is 10.9. The maximum Gasteiger partial charge on any atom is 0.203 e. The third-order valence-corrected chi connectivity index (χ3v) is 2.40. The van der Waals surface area contributed by atoms with E-state index < -0.39 is 0 Å². The van der Waals surface area contributed by atoms with E-state index in [1.165, 1.54) is 40.4 Å². The van der Waals surface area contributed by atoms with Crippen LogP contribution in [0.3, 0.4) is 0 Å². The van der Waals surface area contributed by atoms with Crippen LogP contribution in [0.2, 0.25) is 0 Å². The minimum atomic E-state index is -0.276. The van der Waals surface area contributed by atoms with E-state index in [1.54, 1.807) is 0 Å². The Balaban J connectivity index is 3.22. The summed E-state index contributed by atoms with van der Waals surface area (Å²) in [6, 6.07) is 3.07. The van der Waals surface area contributed by atoms with Crippen LogP contribution in [-0.4, -0.2) is 32.9 Å². The van der Waals surface area contributed by atoms with E-state index >= 15 is 0 Å². The molecule has 0 spiro atoms. The maximum atomic E-state index is 11.8. The lowest BCUT2D eigenvalue weighted by Crippen LogP contribution is -2.06. The van der Waals surface area contributed by atoms with Crippen molar-refractivity contribution < 1.29 is 23.8 Å². The molecule has 0 radical (unpaired) electrons. The quantitative estimate of drug-likeness (QED) is 0.571. The van der Waals surface area contributed by atoms with Gasteiger partial charge in [-0.15, -0.1) is 0 Å². The van der Waals surface area contributed by atoms with Crippen LogP contribution in [0.1, 0.15) is 23.7 Å². The van der Waals surface area contributed by atoms with Gasteiger partial charge in [0.2, 0.25) is 5.75 Å². The second kappa shape index (κ2) is 6.05. The molecule has 1 aromatic rings. The number of carbonyl (C=O) groups excluding carboxylic acids is 2. The van der Waals surface area contributed by atoms with Crippen molar-refractivity contribution in [3.63, 3.8) is 0 Å². The number of methoxy groups -OCH3 is 3. The normalized spacial score (nSPS) is 9.78. The minimum Gasteiger partial charge on any atom is -0.493 e. The highest BCUT2D eigenvalue weighted by molar-refractivity contribution is 6.07. The molecule has 0 atom stereocenters. The minimum absolute atomic E-state index is 0.140. The van der Waals surface area contributed by atoms with E-state index in [9.17, 15) is 9.59 Å². The van der Waals surface area contributed by atoms with Crippen LogP contribution in [0.5, 0.6) is 17.2 Å². The van der Waals surface area contributed by atoms with Crippen LogP contribution in [0.25, 0.3) is 0 Å². The zero-order chi connectivity index (χ0) is 13.7. The summed E-state index contributed by atoms with van der Waals surface area (Å²) < 4.78 is 15.4. The van der Waals surface area contributed by atoms with E-state index in [4.69, 9.17) is 14.2 Å². The van der Waals surface area contributed by atoms with E-state index in [0.717, 1.165) is 0 Å². The van der Waals surface area contributed by atoms with Gasteiger partial charge in [0.05, 0.1) is 27.8 Å². The number of carbonyl (C=O) groups is 2. The Labute approximate surface area is 106 Å². The van der Waals surface area contributed by atoms with E-state index in [0.29, 0.717) is 22.8 Å². The summed E-state index contributed by atoms with van der Waals surface area (Å²) in [7, 11) is 4.42. The van der Waals surface area contributed by atoms with Gasteiger partial charge in [-0.25, -0.2) is 0 Å². The lowest BCUT2D eigenvalue weighted by Gasteiger charge is -2.13. The third kappa shape index (κ3) is 3.00. The van der Waals surface area contributed by atoms with Crippen molar-refractivity contribution in [2.24, 2.45) is 0 Å². The zero-order valence-corrected chi connectivity index (χ0v) is 10.9. The Hall–Kier alpha value is -2.04. The summed E-state index contributed by atoms with van der Waals surface area (Å²) in [4.78, 5) is 22.8. The molecule has 98 valence electrons. The largest absolute Gasteiger partial charge is 0.493 e. The molecule has 5 nitrogen and oxygen atoms in total. The number of ketones is 2.